The molecule has 2 amide bonds. The first-order valence-electron chi connectivity index (χ1n) is 10.6. The van der Waals surface area contributed by atoms with Gasteiger partial charge in [0.2, 0.25) is 15.9 Å². The molecule has 0 spiro atoms. The van der Waals surface area contributed by atoms with Gasteiger partial charge in [0, 0.05) is 18.7 Å². The largest absolute Gasteiger partial charge is 0.468 e. The number of carbonyl (C=O) groups excluding carboxylic acids is 2. The number of rotatable bonds is 10. The van der Waals surface area contributed by atoms with Crippen LogP contribution in [0.2, 0.25) is 0 Å². The summed E-state index contributed by atoms with van der Waals surface area (Å²) < 4.78 is 46.2. The van der Waals surface area contributed by atoms with E-state index in [1.54, 1.807) is 31.2 Å². The molecule has 0 saturated carbocycles. The molecule has 3 aromatic rings. The molecule has 34 heavy (non-hydrogen) atoms. The second-order valence-electron chi connectivity index (χ2n) is 7.74. The van der Waals surface area contributed by atoms with E-state index in [0.717, 1.165) is 15.9 Å². The molecule has 3 rings (SSSR count). The summed E-state index contributed by atoms with van der Waals surface area (Å²) in [4.78, 5) is 24.7. The predicted octanol–water partition coefficient (Wildman–Crippen LogP) is 2.77. The third kappa shape index (κ3) is 6.52. The number of furan rings is 1. The molecule has 0 aliphatic carbocycles. The monoisotopic (exact) mass is 487 g/mol. The van der Waals surface area contributed by atoms with Crippen molar-refractivity contribution in [3.8, 4) is 0 Å². The quantitative estimate of drug-likeness (QED) is 0.428. The molecule has 0 atom stereocenters. The summed E-state index contributed by atoms with van der Waals surface area (Å²) in [5.41, 5.74) is 1.51. The van der Waals surface area contributed by atoms with Crippen molar-refractivity contribution in [1.82, 2.24) is 14.9 Å². The van der Waals surface area contributed by atoms with Crippen LogP contribution in [0.25, 0.3) is 0 Å². The summed E-state index contributed by atoms with van der Waals surface area (Å²) in [5.74, 6) is -1.11. The lowest BCUT2D eigenvalue weighted by Crippen LogP contribution is -2.42. The standard InChI is InChI=1S/C24H26FN3O5S/c1-17-5-9-21(10-6-17)34(31,32)28(15-20-4-3-13-33-20)16-23(29)26-11-12-27-24(30)19-8-7-18(2)22(25)14-19/h3-10,13-14H,11-12,15-16H2,1-2H3,(H,26,29)(H,27,30). The Hall–Kier alpha value is -3.50. The van der Waals surface area contributed by atoms with Gasteiger partial charge in [-0.25, -0.2) is 12.8 Å². The van der Waals surface area contributed by atoms with Gasteiger partial charge in [-0.1, -0.05) is 23.8 Å². The highest BCUT2D eigenvalue weighted by molar-refractivity contribution is 7.89. The van der Waals surface area contributed by atoms with Crippen LogP contribution < -0.4 is 10.6 Å². The van der Waals surface area contributed by atoms with Gasteiger partial charge in [-0.3, -0.25) is 9.59 Å². The number of hydrogen-bond donors (Lipinski definition) is 2. The Labute approximate surface area is 197 Å². The van der Waals surface area contributed by atoms with Gasteiger partial charge >= 0.3 is 0 Å². The van der Waals surface area contributed by atoms with Gasteiger partial charge in [-0.05, 0) is 55.8 Å². The molecule has 0 aliphatic heterocycles. The van der Waals surface area contributed by atoms with Crippen LogP contribution in [0.5, 0.6) is 0 Å². The number of amides is 2. The molecule has 2 aromatic carbocycles. The van der Waals surface area contributed by atoms with E-state index in [2.05, 4.69) is 10.6 Å². The summed E-state index contributed by atoms with van der Waals surface area (Å²) in [5, 5.41) is 5.17. The van der Waals surface area contributed by atoms with Crippen molar-refractivity contribution in [2.45, 2.75) is 25.3 Å². The van der Waals surface area contributed by atoms with Crippen molar-refractivity contribution in [2.75, 3.05) is 19.6 Å². The number of sulfonamides is 1. The minimum absolute atomic E-state index is 0.0649. The van der Waals surface area contributed by atoms with Crippen molar-refractivity contribution in [3.05, 3.63) is 89.1 Å². The highest BCUT2D eigenvalue weighted by Gasteiger charge is 2.27. The number of benzene rings is 2. The molecule has 1 heterocycles. The predicted molar refractivity (Wildman–Crippen MR) is 124 cm³/mol. The first-order valence-corrected chi connectivity index (χ1v) is 12.0. The third-order valence-corrected chi connectivity index (χ3v) is 6.86. The average molecular weight is 488 g/mol. The Kier molecular flexibility index (Phi) is 8.19. The highest BCUT2D eigenvalue weighted by atomic mass is 32.2. The average Bonchev–Trinajstić information content (AvgIpc) is 3.31. The Morgan fingerprint density at radius 2 is 1.71 bits per heavy atom. The smallest absolute Gasteiger partial charge is 0.251 e. The van der Waals surface area contributed by atoms with Crippen LogP contribution in [-0.2, 0) is 21.4 Å². The molecular weight excluding hydrogens is 461 g/mol. The maximum Gasteiger partial charge on any atom is 0.251 e. The van der Waals surface area contributed by atoms with Crippen LogP contribution in [-0.4, -0.2) is 44.2 Å². The zero-order valence-corrected chi connectivity index (χ0v) is 19.7. The van der Waals surface area contributed by atoms with Gasteiger partial charge in [-0.2, -0.15) is 4.31 Å². The summed E-state index contributed by atoms with van der Waals surface area (Å²) in [7, 11) is -3.97. The molecular formula is C24H26FN3O5S. The van der Waals surface area contributed by atoms with E-state index in [-0.39, 0.29) is 30.1 Å². The molecule has 10 heteroatoms. The number of halogens is 1. The lowest BCUT2D eigenvalue weighted by molar-refractivity contribution is -0.121. The van der Waals surface area contributed by atoms with Crippen molar-refractivity contribution >= 4 is 21.8 Å². The van der Waals surface area contributed by atoms with Crippen molar-refractivity contribution in [2.24, 2.45) is 0 Å². The van der Waals surface area contributed by atoms with Crippen LogP contribution >= 0.6 is 0 Å². The molecule has 2 N–H and O–H groups in total. The van der Waals surface area contributed by atoms with Crippen LogP contribution in [0, 0.1) is 19.7 Å². The Balaban J connectivity index is 1.59. The number of nitrogens with one attached hydrogen (secondary N) is 2. The molecule has 0 saturated heterocycles. The Bertz CT molecular complexity index is 1240. The van der Waals surface area contributed by atoms with Crippen LogP contribution in [0.3, 0.4) is 0 Å². The first kappa shape index (κ1) is 25.1. The molecule has 8 nitrogen and oxygen atoms in total. The Morgan fingerprint density at radius 1 is 1.00 bits per heavy atom. The zero-order chi connectivity index (χ0) is 24.7. The number of carbonyl (C=O) groups is 2. The Morgan fingerprint density at radius 3 is 2.35 bits per heavy atom. The second-order valence-corrected chi connectivity index (χ2v) is 9.67. The molecule has 0 bridgehead atoms. The molecule has 1 aromatic heterocycles. The van der Waals surface area contributed by atoms with Crippen LogP contribution in [0.1, 0.15) is 27.2 Å². The van der Waals surface area contributed by atoms with Gasteiger partial charge in [0.05, 0.1) is 24.2 Å². The lowest BCUT2D eigenvalue weighted by Gasteiger charge is -2.21. The summed E-state index contributed by atoms with van der Waals surface area (Å²) in [6.07, 6.45) is 1.43. The van der Waals surface area contributed by atoms with E-state index in [1.165, 1.54) is 30.5 Å². The lowest BCUT2D eigenvalue weighted by atomic mass is 10.1. The van der Waals surface area contributed by atoms with Gasteiger partial charge in [0.15, 0.2) is 0 Å². The van der Waals surface area contributed by atoms with Crippen molar-refractivity contribution in [1.29, 1.82) is 0 Å². The minimum atomic E-state index is -3.97. The second kappa shape index (κ2) is 11.1. The first-order chi connectivity index (χ1) is 16.2. The van der Waals surface area contributed by atoms with E-state index in [9.17, 15) is 22.4 Å². The topological polar surface area (TPSA) is 109 Å². The maximum atomic E-state index is 13.6. The fraction of sp³-hybridized carbons (Fsp3) is 0.250. The van der Waals surface area contributed by atoms with E-state index in [4.69, 9.17) is 4.42 Å². The summed E-state index contributed by atoms with van der Waals surface area (Å²) in [6, 6.07) is 13.8. The number of nitrogens with zero attached hydrogens (tertiary/aromatic N) is 1. The van der Waals surface area contributed by atoms with E-state index < -0.39 is 34.2 Å². The zero-order valence-electron chi connectivity index (χ0n) is 18.9. The SMILES string of the molecule is Cc1ccc(S(=O)(=O)N(CC(=O)NCCNC(=O)c2ccc(C)c(F)c2)Cc2ccco2)cc1. The minimum Gasteiger partial charge on any atom is -0.468 e. The fourth-order valence-corrected chi connectivity index (χ4v) is 4.45. The third-order valence-electron chi connectivity index (χ3n) is 5.06. The van der Waals surface area contributed by atoms with E-state index in [0.29, 0.717) is 11.3 Å². The summed E-state index contributed by atoms with van der Waals surface area (Å²) in [6.45, 7) is 3.04. The van der Waals surface area contributed by atoms with Crippen LogP contribution in [0.4, 0.5) is 4.39 Å². The molecule has 180 valence electrons. The van der Waals surface area contributed by atoms with Gasteiger partial charge in [-0.15, -0.1) is 0 Å². The maximum absolute atomic E-state index is 13.6. The van der Waals surface area contributed by atoms with Gasteiger partial charge in [0.1, 0.15) is 11.6 Å². The highest BCUT2D eigenvalue weighted by Crippen LogP contribution is 2.19. The van der Waals surface area contributed by atoms with Crippen molar-refractivity contribution in [3.63, 3.8) is 0 Å². The summed E-state index contributed by atoms with van der Waals surface area (Å²) >= 11 is 0. The normalized spacial score (nSPS) is 11.4. The molecule has 0 radical (unpaired) electrons. The van der Waals surface area contributed by atoms with Crippen molar-refractivity contribution < 1.29 is 26.8 Å². The van der Waals surface area contributed by atoms with E-state index in [1.807, 2.05) is 6.92 Å². The van der Waals surface area contributed by atoms with Crippen LogP contribution in [0.15, 0.2) is 70.2 Å². The number of hydrogen-bond acceptors (Lipinski definition) is 5. The molecule has 0 aliphatic rings. The van der Waals surface area contributed by atoms with Gasteiger partial charge in [0.25, 0.3) is 5.91 Å². The fourth-order valence-electron chi connectivity index (χ4n) is 3.09. The molecule has 0 unspecified atom stereocenters. The van der Waals surface area contributed by atoms with Gasteiger partial charge < -0.3 is 15.1 Å². The number of aryl methyl sites for hydroxylation is 2. The molecule has 0 fully saturated rings. The van der Waals surface area contributed by atoms with E-state index >= 15 is 0 Å².